The predicted octanol–water partition coefficient (Wildman–Crippen LogP) is 5.06. The Balaban J connectivity index is 1.89. The number of aromatic nitrogens is 1. The van der Waals surface area contributed by atoms with Crippen LogP contribution in [0.1, 0.15) is 74.6 Å². The van der Waals surface area contributed by atoms with E-state index in [9.17, 15) is 18.0 Å². The third-order valence-corrected chi connectivity index (χ3v) is 10.9. The molecule has 1 atom stereocenters. The molecular formula is C35H36N2O5S2. The number of carbonyl (C=O) groups excluding carboxylic acids is 1. The lowest BCUT2D eigenvalue weighted by atomic mass is 9.87. The van der Waals surface area contributed by atoms with Crippen molar-refractivity contribution in [2.75, 3.05) is 6.61 Å². The molecule has 2 N–H and O–H groups in total. The van der Waals surface area contributed by atoms with Gasteiger partial charge in [0.2, 0.25) is 9.84 Å². The first kappa shape index (κ1) is 31.2. The van der Waals surface area contributed by atoms with Crippen molar-refractivity contribution in [3.63, 3.8) is 0 Å². The summed E-state index contributed by atoms with van der Waals surface area (Å²) in [6.45, 7) is 10.0. The van der Waals surface area contributed by atoms with E-state index in [1.165, 1.54) is 12.1 Å². The van der Waals surface area contributed by atoms with Crippen molar-refractivity contribution in [2.24, 2.45) is 5.73 Å². The highest BCUT2D eigenvalue weighted by atomic mass is 32.2. The summed E-state index contributed by atoms with van der Waals surface area (Å²) in [5.74, 6) is -1.42. The van der Waals surface area contributed by atoms with Crippen LogP contribution in [0.2, 0.25) is 0 Å². The van der Waals surface area contributed by atoms with E-state index in [1.807, 2.05) is 48.5 Å². The van der Waals surface area contributed by atoms with E-state index in [1.54, 1.807) is 31.2 Å². The molecule has 1 aliphatic heterocycles. The van der Waals surface area contributed by atoms with Gasteiger partial charge in [0.1, 0.15) is 10.5 Å². The van der Waals surface area contributed by atoms with Gasteiger partial charge in [-0.15, -0.1) is 11.3 Å². The van der Waals surface area contributed by atoms with Crippen LogP contribution in [0.3, 0.4) is 0 Å². The van der Waals surface area contributed by atoms with Crippen LogP contribution < -0.4 is 20.5 Å². The van der Waals surface area contributed by atoms with Gasteiger partial charge in [-0.2, -0.15) is 0 Å². The van der Waals surface area contributed by atoms with Gasteiger partial charge in [-0.05, 0) is 59.2 Å². The van der Waals surface area contributed by atoms with Crippen molar-refractivity contribution in [3.8, 4) is 0 Å². The number of nitrogens with zero attached hydrogens (tertiary/aromatic N) is 1. The predicted molar refractivity (Wildman–Crippen MR) is 176 cm³/mol. The SMILES string of the molecule is CCOC(=O)C1=C(N)n2c(s/c(=C\c3ccc(C(C)C)cc3)c2=O)=C(S(=O)(=O)c2ccccc2)[C@H]1c1ccc(C(C)C)cc1. The summed E-state index contributed by atoms with van der Waals surface area (Å²) in [6.07, 6.45) is 1.72. The molecule has 4 aromatic rings. The van der Waals surface area contributed by atoms with E-state index in [4.69, 9.17) is 10.5 Å². The van der Waals surface area contributed by atoms with Crippen molar-refractivity contribution in [1.29, 1.82) is 0 Å². The molecule has 0 spiro atoms. The summed E-state index contributed by atoms with van der Waals surface area (Å²) in [4.78, 5) is 27.5. The Morgan fingerprint density at radius 1 is 0.932 bits per heavy atom. The minimum Gasteiger partial charge on any atom is -0.463 e. The Bertz CT molecular complexity index is 2020. The van der Waals surface area contributed by atoms with E-state index in [0.29, 0.717) is 16.0 Å². The highest BCUT2D eigenvalue weighted by Crippen LogP contribution is 2.42. The Morgan fingerprint density at radius 3 is 2.05 bits per heavy atom. The van der Waals surface area contributed by atoms with Crippen LogP contribution in [0.25, 0.3) is 16.8 Å². The molecule has 0 fully saturated rings. The van der Waals surface area contributed by atoms with Crippen LogP contribution in [0.15, 0.2) is 94.1 Å². The molecule has 1 aliphatic rings. The Morgan fingerprint density at radius 2 is 1.50 bits per heavy atom. The summed E-state index contributed by atoms with van der Waals surface area (Å²) < 4.78 is 36.1. The van der Waals surface area contributed by atoms with E-state index >= 15 is 0 Å². The van der Waals surface area contributed by atoms with E-state index in [0.717, 1.165) is 32.6 Å². The number of nitrogens with two attached hydrogens (primary N) is 1. The van der Waals surface area contributed by atoms with Gasteiger partial charge in [-0.3, -0.25) is 9.36 Å². The first-order chi connectivity index (χ1) is 20.9. The lowest BCUT2D eigenvalue weighted by Crippen LogP contribution is -2.41. The van der Waals surface area contributed by atoms with Crippen molar-refractivity contribution in [1.82, 2.24) is 4.57 Å². The lowest BCUT2D eigenvalue weighted by molar-refractivity contribution is -0.138. The van der Waals surface area contributed by atoms with Crippen LogP contribution in [-0.4, -0.2) is 25.6 Å². The largest absolute Gasteiger partial charge is 0.463 e. The summed E-state index contributed by atoms with van der Waals surface area (Å²) in [5.41, 5.74) is 9.62. The lowest BCUT2D eigenvalue weighted by Gasteiger charge is -2.28. The Kier molecular flexibility index (Phi) is 8.81. The molecule has 0 aliphatic carbocycles. The smallest absolute Gasteiger partial charge is 0.338 e. The summed E-state index contributed by atoms with van der Waals surface area (Å²) in [5, 5.41) is 0. The van der Waals surface area contributed by atoms with Crippen LogP contribution >= 0.6 is 11.3 Å². The molecule has 3 aromatic carbocycles. The number of rotatable bonds is 8. The maximum atomic E-state index is 14.6. The minimum absolute atomic E-state index is 0.0460. The van der Waals surface area contributed by atoms with E-state index < -0.39 is 27.3 Å². The zero-order chi connectivity index (χ0) is 31.8. The molecule has 9 heteroatoms. The molecule has 1 aromatic heterocycles. The number of ether oxygens (including phenoxy) is 1. The molecular weight excluding hydrogens is 593 g/mol. The van der Waals surface area contributed by atoms with Gasteiger partial charge in [0.15, 0.2) is 0 Å². The van der Waals surface area contributed by atoms with Gasteiger partial charge in [-0.1, -0.05) is 94.4 Å². The fourth-order valence-corrected chi connectivity index (χ4v) is 8.52. The third-order valence-electron chi connectivity index (χ3n) is 7.78. The van der Waals surface area contributed by atoms with Crippen LogP contribution in [0.5, 0.6) is 0 Å². The Labute approximate surface area is 261 Å². The molecule has 0 saturated heterocycles. The second-order valence-corrected chi connectivity index (χ2v) is 14.3. The van der Waals surface area contributed by atoms with Gasteiger partial charge in [0.25, 0.3) is 5.56 Å². The van der Waals surface area contributed by atoms with E-state index in [-0.39, 0.29) is 38.4 Å². The average Bonchev–Trinajstić information content (AvgIpc) is 3.32. The highest BCUT2D eigenvalue weighted by molar-refractivity contribution is 8.00. The van der Waals surface area contributed by atoms with E-state index in [2.05, 4.69) is 27.7 Å². The molecule has 44 heavy (non-hydrogen) atoms. The zero-order valence-corrected chi connectivity index (χ0v) is 27.0. The number of esters is 1. The quantitative estimate of drug-likeness (QED) is 0.274. The first-order valence-corrected chi connectivity index (χ1v) is 16.9. The number of hydrogen-bond donors (Lipinski definition) is 1. The molecule has 0 amide bonds. The number of thiazole rings is 1. The average molecular weight is 629 g/mol. The first-order valence-electron chi connectivity index (χ1n) is 14.6. The molecule has 0 bridgehead atoms. The molecule has 0 radical (unpaired) electrons. The number of hydrogen-bond acceptors (Lipinski definition) is 7. The van der Waals surface area contributed by atoms with Gasteiger partial charge < -0.3 is 10.5 Å². The number of carbonyl (C=O) groups is 1. The molecule has 0 unspecified atom stereocenters. The highest BCUT2D eigenvalue weighted by Gasteiger charge is 2.42. The van der Waals surface area contributed by atoms with Crippen LogP contribution in [-0.2, 0) is 19.4 Å². The molecule has 2 heterocycles. The molecule has 7 nitrogen and oxygen atoms in total. The molecule has 228 valence electrons. The minimum atomic E-state index is -4.24. The summed E-state index contributed by atoms with van der Waals surface area (Å²) in [6, 6.07) is 23.3. The van der Waals surface area contributed by atoms with Gasteiger partial charge in [0, 0.05) is 0 Å². The maximum absolute atomic E-state index is 14.6. The second-order valence-electron chi connectivity index (χ2n) is 11.3. The number of benzene rings is 3. The summed E-state index contributed by atoms with van der Waals surface area (Å²) >= 11 is 1.05. The molecule has 5 rings (SSSR count). The van der Waals surface area contributed by atoms with Crippen molar-refractivity contribution in [2.45, 2.75) is 57.3 Å². The van der Waals surface area contributed by atoms with Crippen molar-refractivity contribution >= 4 is 43.9 Å². The fourth-order valence-electron chi connectivity index (χ4n) is 5.34. The monoisotopic (exact) mass is 628 g/mol. The zero-order valence-electron chi connectivity index (χ0n) is 25.4. The maximum Gasteiger partial charge on any atom is 0.338 e. The summed E-state index contributed by atoms with van der Waals surface area (Å²) in [7, 11) is -4.24. The fraction of sp³-hybridized carbons (Fsp3) is 0.257. The van der Waals surface area contributed by atoms with Crippen molar-refractivity contribution < 1.29 is 17.9 Å². The topological polar surface area (TPSA) is 108 Å². The van der Waals surface area contributed by atoms with Gasteiger partial charge in [0.05, 0.1) is 32.4 Å². The van der Waals surface area contributed by atoms with Crippen molar-refractivity contribution in [3.05, 3.63) is 126 Å². The normalized spacial score (nSPS) is 15.7. The second kappa shape index (κ2) is 12.4. The molecule has 0 saturated carbocycles. The standard InChI is InChI=1S/C35H36N2O5S2/c1-6-42-35(39)30-29(26-18-16-25(17-19-26)22(4)5)31(44(40,41)27-10-8-7-9-11-27)34-37(32(30)36)33(38)28(43-34)20-23-12-14-24(15-13-23)21(2)3/h7-22,29H,6,36H2,1-5H3/b28-20-/t29-/m0/s1. The number of sulfone groups is 1. The third kappa shape index (κ3) is 5.69. The Hall–Kier alpha value is -4.21. The number of fused-ring (bicyclic) bond motifs is 1. The van der Waals surface area contributed by atoms with Gasteiger partial charge in [-0.25, -0.2) is 13.2 Å². The van der Waals surface area contributed by atoms with Gasteiger partial charge >= 0.3 is 5.97 Å². The van der Waals surface area contributed by atoms with Crippen LogP contribution in [0.4, 0.5) is 0 Å². The van der Waals surface area contributed by atoms with Crippen LogP contribution in [0, 0.1) is 0 Å².